The molecule has 2 unspecified atom stereocenters. The average molecular weight is 438 g/mol. The summed E-state index contributed by atoms with van der Waals surface area (Å²) >= 11 is 6.09. The molecule has 0 N–H and O–H groups in total. The van der Waals surface area contributed by atoms with E-state index in [0.29, 0.717) is 16.5 Å². The standard InChI is InChI=1S/C28H36ClNO/c1-21(20-30-16-6-5-15-27(30)17-22-9-3-2-4-10-22)23-11-7-12-24(18-23)28(31)25-13-8-14-26(29)19-25/h7-8,11-14,18-19,21-22,27H,2-6,9-10,15-17,20H2,1H3. The van der Waals surface area contributed by atoms with Crippen molar-refractivity contribution in [2.45, 2.75) is 76.7 Å². The summed E-state index contributed by atoms with van der Waals surface area (Å²) in [4.78, 5) is 15.7. The lowest BCUT2D eigenvalue weighted by Crippen LogP contribution is -2.42. The number of nitrogens with zero attached hydrogens (tertiary/aromatic N) is 1. The molecule has 1 aliphatic carbocycles. The fraction of sp³-hybridized carbons (Fsp3) is 0.536. The van der Waals surface area contributed by atoms with Crippen molar-refractivity contribution in [3.8, 4) is 0 Å². The SMILES string of the molecule is CC(CN1CCCCC1CC1CCCCC1)c1cccc(C(=O)c2cccc(Cl)c2)c1. The fourth-order valence-corrected chi connectivity index (χ4v) is 5.81. The second-order valence-electron chi connectivity index (χ2n) is 9.75. The number of hydrogen-bond acceptors (Lipinski definition) is 2. The number of hydrogen-bond donors (Lipinski definition) is 0. The maximum absolute atomic E-state index is 13.0. The summed E-state index contributed by atoms with van der Waals surface area (Å²) in [6, 6.07) is 16.2. The van der Waals surface area contributed by atoms with Crippen molar-refractivity contribution in [1.82, 2.24) is 4.90 Å². The summed E-state index contributed by atoms with van der Waals surface area (Å²) < 4.78 is 0. The van der Waals surface area contributed by atoms with Crippen LogP contribution in [0.1, 0.15) is 92.1 Å². The number of likely N-dealkylation sites (tertiary alicyclic amines) is 1. The van der Waals surface area contributed by atoms with E-state index in [9.17, 15) is 4.79 Å². The zero-order valence-corrected chi connectivity index (χ0v) is 19.6. The Morgan fingerprint density at radius 3 is 2.45 bits per heavy atom. The molecule has 2 aromatic rings. The molecule has 0 aromatic heterocycles. The van der Waals surface area contributed by atoms with Crippen molar-refractivity contribution in [3.63, 3.8) is 0 Å². The van der Waals surface area contributed by atoms with Gasteiger partial charge in [0.15, 0.2) is 5.78 Å². The van der Waals surface area contributed by atoms with E-state index in [2.05, 4.69) is 24.0 Å². The molecule has 0 radical (unpaired) electrons. The molecule has 0 bridgehead atoms. The lowest BCUT2D eigenvalue weighted by atomic mass is 9.82. The molecule has 4 rings (SSSR count). The summed E-state index contributed by atoms with van der Waals surface area (Å²) in [5.41, 5.74) is 2.67. The summed E-state index contributed by atoms with van der Waals surface area (Å²) in [5.74, 6) is 1.40. The van der Waals surface area contributed by atoms with E-state index in [0.717, 1.165) is 24.1 Å². The molecule has 2 aliphatic rings. The van der Waals surface area contributed by atoms with E-state index in [1.165, 1.54) is 69.9 Å². The number of ketones is 1. The van der Waals surface area contributed by atoms with Gasteiger partial charge in [0.2, 0.25) is 0 Å². The number of piperidine rings is 1. The summed E-state index contributed by atoms with van der Waals surface area (Å²) in [6.45, 7) is 4.63. The van der Waals surface area contributed by atoms with E-state index in [1.807, 2.05) is 24.3 Å². The highest BCUT2D eigenvalue weighted by atomic mass is 35.5. The third-order valence-electron chi connectivity index (χ3n) is 7.39. The van der Waals surface area contributed by atoms with Crippen LogP contribution in [0, 0.1) is 5.92 Å². The first-order valence-corrected chi connectivity index (χ1v) is 12.6. The number of carbonyl (C=O) groups is 1. The number of rotatable bonds is 7. The zero-order valence-electron chi connectivity index (χ0n) is 18.9. The van der Waals surface area contributed by atoms with Crippen molar-refractivity contribution in [2.24, 2.45) is 5.92 Å². The van der Waals surface area contributed by atoms with E-state index in [-0.39, 0.29) is 5.78 Å². The van der Waals surface area contributed by atoms with Gasteiger partial charge < -0.3 is 0 Å². The Balaban J connectivity index is 1.43. The Hall–Kier alpha value is -1.64. The van der Waals surface area contributed by atoms with Gasteiger partial charge in [-0.1, -0.05) is 87.4 Å². The van der Waals surface area contributed by atoms with Crippen LogP contribution in [0.25, 0.3) is 0 Å². The Labute approximate surface area is 193 Å². The normalized spacial score (nSPS) is 21.7. The first kappa shape index (κ1) is 22.6. The lowest BCUT2D eigenvalue weighted by Gasteiger charge is -2.39. The summed E-state index contributed by atoms with van der Waals surface area (Å²) in [7, 11) is 0. The molecule has 1 heterocycles. The first-order valence-electron chi connectivity index (χ1n) is 12.2. The molecule has 1 aliphatic heterocycles. The molecule has 3 heteroatoms. The van der Waals surface area contributed by atoms with Crippen molar-refractivity contribution in [2.75, 3.05) is 13.1 Å². The molecule has 1 saturated carbocycles. The van der Waals surface area contributed by atoms with Crippen LogP contribution < -0.4 is 0 Å². The molecule has 2 nitrogen and oxygen atoms in total. The minimum Gasteiger partial charge on any atom is -0.300 e. The van der Waals surface area contributed by atoms with Gasteiger partial charge in [-0.2, -0.15) is 0 Å². The fourth-order valence-electron chi connectivity index (χ4n) is 5.61. The maximum atomic E-state index is 13.0. The van der Waals surface area contributed by atoms with Gasteiger partial charge in [0.05, 0.1) is 0 Å². The van der Waals surface area contributed by atoms with Gasteiger partial charge in [-0.3, -0.25) is 9.69 Å². The van der Waals surface area contributed by atoms with Gasteiger partial charge in [0, 0.05) is 28.7 Å². The number of halogens is 1. The number of carbonyl (C=O) groups excluding carboxylic acids is 1. The Bertz CT molecular complexity index is 873. The van der Waals surface area contributed by atoms with Crippen LogP contribution in [-0.2, 0) is 0 Å². The third kappa shape index (κ3) is 5.99. The molecule has 2 fully saturated rings. The van der Waals surface area contributed by atoms with Crippen LogP contribution >= 0.6 is 11.6 Å². The van der Waals surface area contributed by atoms with Crippen molar-refractivity contribution < 1.29 is 4.79 Å². The molecule has 0 spiro atoms. The molecule has 166 valence electrons. The van der Waals surface area contributed by atoms with E-state index in [1.54, 1.807) is 12.1 Å². The van der Waals surface area contributed by atoms with Crippen molar-refractivity contribution in [1.29, 1.82) is 0 Å². The first-order chi connectivity index (χ1) is 15.1. The van der Waals surface area contributed by atoms with Gasteiger partial charge in [0.25, 0.3) is 0 Å². The smallest absolute Gasteiger partial charge is 0.193 e. The van der Waals surface area contributed by atoms with Gasteiger partial charge in [0.1, 0.15) is 0 Å². The number of benzene rings is 2. The van der Waals surface area contributed by atoms with Crippen LogP contribution in [0.15, 0.2) is 48.5 Å². The van der Waals surface area contributed by atoms with Crippen LogP contribution in [0.4, 0.5) is 0 Å². The van der Waals surface area contributed by atoms with Crippen molar-refractivity contribution >= 4 is 17.4 Å². The van der Waals surface area contributed by atoms with Gasteiger partial charge >= 0.3 is 0 Å². The van der Waals surface area contributed by atoms with Crippen LogP contribution in [0.2, 0.25) is 5.02 Å². The summed E-state index contributed by atoms with van der Waals surface area (Å²) in [6.07, 6.45) is 12.6. The monoisotopic (exact) mass is 437 g/mol. The van der Waals surface area contributed by atoms with Crippen LogP contribution in [0.5, 0.6) is 0 Å². The van der Waals surface area contributed by atoms with Gasteiger partial charge in [-0.25, -0.2) is 0 Å². The minimum absolute atomic E-state index is 0.0460. The highest BCUT2D eigenvalue weighted by Gasteiger charge is 2.27. The van der Waals surface area contributed by atoms with Gasteiger partial charge in [-0.05, 0) is 61.4 Å². The minimum atomic E-state index is 0.0460. The Morgan fingerprint density at radius 1 is 0.968 bits per heavy atom. The lowest BCUT2D eigenvalue weighted by molar-refractivity contribution is 0.103. The van der Waals surface area contributed by atoms with Crippen molar-refractivity contribution in [3.05, 3.63) is 70.2 Å². The molecule has 2 atom stereocenters. The highest BCUT2D eigenvalue weighted by molar-refractivity contribution is 6.31. The molecule has 1 saturated heterocycles. The Kier molecular flexibility index (Phi) is 7.85. The predicted octanol–water partition coefficient (Wildman–Crippen LogP) is 7.50. The van der Waals surface area contributed by atoms with Crippen LogP contribution in [0.3, 0.4) is 0 Å². The van der Waals surface area contributed by atoms with E-state index >= 15 is 0 Å². The largest absolute Gasteiger partial charge is 0.300 e. The quantitative estimate of drug-likeness (QED) is 0.418. The molecular weight excluding hydrogens is 402 g/mol. The Morgan fingerprint density at radius 2 is 1.68 bits per heavy atom. The van der Waals surface area contributed by atoms with E-state index < -0.39 is 0 Å². The average Bonchev–Trinajstić information content (AvgIpc) is 2.80. The van der Waals surface area contributed by atoms with E-state index in [4.69, 9.17) is 11.6 Å². The second kappa shape index (κ2) is 10.8. The zero-order chi connectivity index (χ0) is 21.6. The topological polar surface area (TPSA) is 20.3 Å². The molecular formula is C28H36ClNO. The molecule has 31 heavy (non-hydrogen) atoms. The highest BCUT2D eigenvalue weighted by Crippen LogP contribution is 2.33. The molecule has 0 amide bonds. The maximum Gasteiger partial charge on any atom is 0.193 e. The third-order valence-corrected chi connectivity index (χ3v) is 7.63. The second-order valence-corrected chi connectivity index (χ2v) is 10.2. The predicted molar refractivity (Wildman–Crippen MR) is 130 cm³/mol. The summed E-state index contributed by atoms with van der Waals surface area (Å²) in [5, 5.41) is 0.601. The van der Waals surface area contributed by atoms with Crippen LogP contribution in [-0.4, -0.2) is 29.8 Å². The van der Waals surface area contributed by atoms with Gasteiger partial charge in [-0.15, -0.1) is 0 Å². The molecule has 2 aromatic carbocycles.